The van der Waals surface area contributed by atoms with E-state index in [0.717, 1.165) is 12.8 Å². The fourth-order valence-electron chi connectivity index (χ4n) is 3.19. The second kappa shape index (κ2) is 7.61. The van der Waals surface area contributed by atoms with Crippen molar-refractivity contribution in [3.05, 3.63) is 0 Å². The molecule has 1 saturated heterocycles. The average molecular weight is 310 g/mol. The number of ether oxygens (including phenoxy) is 1. The smallest absolute Gasteiger partial charge is 0.329 e. The van der Waals surface area contributed by atoms with E-state index in [0.29, 0.717) is 18.8 Å². The Kier molecular flexibility index (Phi) is 5.80. The minimum Gasteiger partial charge on any atom is -0.461 e. The fourth-order valence-corrected chi connectivity index (χ4v) is 3.19. The summed E-state index contributed by atoms with van der Waals surface area (Å²) in [4.78, 5) is 35.5. The molecule has 6 nitrogen and oxygen atoms in total. The zero-order valence-electron chi connectivity index (χ0n) is 13.4. The van der Waals surface area contributed by atoms with Crippen LogP contribution in [0.3, 0.4) is 0 Å². The van der Waals surface area contributed by atoms with Gasteiger partial charge in [0, 0.05) is 12.8 Å². The predicted molar refractivity (Wildman–Crippen MR) is 80.9 cm³/mol. The Balaban J connectivity index is 1.73. The molecule has 0 bridgehead atoms. The van der Waals surface area contributed by atoms with Gasteiger partial charge in [0.05, 0.1) is 0 Å². The van der Waals surface area contributed by atoms with Crippen molar-refractivity contribution < 1.29 is 19.1 Å². The van der Waals surface area contributed by atoms with Crippen molar-refractivity contribution in [2.45, 2.75) is 77.0 Å². The topological polar surface area (TPSA) is 84.5 Å². The third-order valence-electron chi connectivity index (χ3n) is 4.46. The summed E-state index contributed by atoms with van der Waals surface area (Å²) in [6, 6.07) is -1.24. The highest BCUT2D eigenvalue weighted by Crippen LogP contribution is 2.26. The van der Waals surface area contributed by atoms with Crippen LogP contribution in [0.2, 0.25) is 0 Å². The van der Waals surface area contributed by atoms with Crippen LogP contribution >= 0.6 is 0 Å². The van der Waals surface area contributed by atoms with Gasteiger partial charge in [-0.15, -0.1) is 0 Å². The first kappa shape index (κ1) is 16.8. The Hall–Kier alpha value is -1.59. The summed E-state index contributed by atoms with van der Waals surface area (Å²) in [5.74, 6) is -0.388. The summed E-state index contributed by atoms with van der Waals surface area (Å²) in [6.45, 7) is 3.43. The minimum atomic E-state index is -0.639. The Morgan fingerprint density at radius 3 is 2.55 bits per heavy atom. The standard InChI is InChI=1S/C16H26N2O4/c1-10-8-13(16(21)22-10)18-15(20)11(2)17-14(19)9-12-6-4-3-5-7-12/h10-13H,3-9H2,1-2H3,(H,17,19)(H,18,20)/t10-,11+,13-/m1/s1. The van der Waals surface area contributed by atoms with E-state index in [1.807, 2.05) is 0 Å². The van der Waals surface area contributed by atoms with E-state index >= 15 is 0 Å². The van der Waals surface area contributed by atoms with Crippen LogP contribution in [0.25, 0.3) is 0 Å². The largest absolute Gasteiger partial charge is 0.461 e. The maximum absolute atomic E-state index is 12.0. The van der Waals surface area contributed by atoms with E-state index in [1.165, 1.54) is 19.3 Å². The van der Waals surface area contributed by atoms with Gasteiger partial charge in [-0.2, -0.15) is 0 Å². The molecule has 1 aliphatic carbocycles. The molecule has 6 heteroatoms. The molecule has 2 N–H and O–H groups in total. The summed E-state index contributed by atoms with van der Waals surface area (Å²) in [7, 11) is 0. The minimum absolute atomic E-state index is 0.0862. The number of rotatable bonds is 5. The maximum atomic E-state index is 12.0. The Morgan fingerprint density at radius 1 is 1.27 bits per heavy atom. The van der Waals surface area contributed by atoms with Gasteiger partial charge in [-0.05, 0) is 32.6 Å². The first-order chi connectivity index (χ1) is 10.5. The summed E-state index contributed by atoms with van der Waals surface area (Å²) < 4.78 is 5.00. The van der Waals surface area contributed by atoms with Crippen molar-refractivity contribution in [3.8, 4) is 0 Å². The molecular weight excluding hydrogens is 284 g/mol. The number of cyclic esters (lactones) is 1. The molecule has 2 fully saturated rings. The summed E-state index contributed by atoms with van der Waals surface area (Å²) >= 11 is 0. The van der Waals surface area contributed by atoms with E-state index in [1.54, 1.807) is 13.8 Å². The third-order valence-corrected chi connectivity index (χ3v) is 4.46. The van der Waals surface area contributed by atoms with Gasteiger partial charge < -0.3 is 15.4 Å². The summed E-state index contributed by atoms with van der Waals surface area (Å²) in [6.07, 6.45) is 6.63. The van der Waals surface area contributed by atoms with Gasteiger partial charge >= 0.3 is 5.97 Å². The number of carbonyl (C=O) groups excluding carboxylic acids is 3. The predicted octanol–water partition coefficient (Wildman–Crippen LogP) is 1.28. The van der Waals surface area contributed by atoms with Gasteiger partial charge in [0.1, 0.15) is 18.2 Å². The van der Waals surface area contributed by atoms with Crippen LogP contribution in [0.4, 0.5) is 0 Å². The first-order valence-corrected chi connectivity index (χ1v) is 8.26. The van der Waals surface area contributed by atoms with Crippen LogP contribution in [0.1, 0.15) is 58.8 Å². The molecule has 0 spiro atoms. The first-order valence-electron chi connectivity index (χ1n) is 8.26. The zero-order valence-corrected chi connectivity index (χ0v) is 13.4. The van der Waals surface area contributed by atoms with E-state index in [9.17, 15) is 14.4 Å². The molecule has 1 aliphatic heterocycles. The molecule has 2 aliphatic rings. The number of hydrogen-bond acceptors (Lipinski definition) is 4. The second-order valence-corrected chi connectivity index (χ2v) is 6.54. The number of carbonyl (C=O) groups is 3. The molecule has 0 aromatic heterocycles. The van der Waals surface area contributed by atoms with E-state index in [2.05, 4.69) is 10.6 Å². The van der Waals surface area contributed by atoms with Crippen molar-refractivity contribution in [3.63, 3.8) is 0 Å². The van der Waals surface area contributed by atoms with E-state index in [4.69, 9.17) is 4.74 Å². The molecule has 1 heterocycles. The van der Waals surface area contributed by atoms with E-state index in [-0.39, 0.29) is 17.9 Å². The lowest BCUT2D eigenvalue weighted by Crippen LogP contribution is -2.49. The molecule has 3 atom stereocenters. The molecule has 22 heavy (non-hydrogen) atoms. The quantitative estimate of drug-likeness (QED) is 0.749. The molecule has 2 amide bonds. The highest BCUT2D eigenvalue weighted by molar-refractivity contribution is 5.91. The van der Waals surface area contributed by atoms with Crippen LogP contribution in [-0.4, -0.2) is 36.0 Å². The van der Waals surface area contributed by atoms with Crippen molar-refractivity contribution in [2.24, 2.45) is 5.92 Å². The number of hydrogen-bond donors (Lipinski definition) is 2. The lowest BCUT2D eigenvalue weighted by Gasteiger charge is -2.22. The molecule has 0 aromatic rings. The Bertz CT molecular complexity index is 432. The van der Waals surface area contributed by atoms with Crippen LogP contribution in [-0.2, 0) is 19.1 Å². The summed E-state index contributed by atoms with van der Waals surface area (Å²) in [5.41, 5.74) is 0. The summed E-state index contributed by atoms with van der Waals surface area (Å²) in [5, 5.41) is 5.36. The number of amides is 2. The van der Waals surface area contributed by atoms with Crippen molar-refractivity contribution in [1.29, 1.82) is 0 Å². The highest BCUT2D eigenvalue weighted by Gasteiger charge is 2.34. The highest BCUT2D eigenvalue weighted by atomic mass is 16.6. The van der Waals surface area contributed by atoms with Crippen molar-refractivity contribution in [2.75, 3.05) is 0 Å². The van der Waals surface area contributed by atoms with Gasteiger partial charge in [0.15, 0.2) is 0 Å². The average Bonchev–Trinajstić information content (AvgIpc) is 2.77. The lowest BCUT2D eigenvalue weighted by atomic mass is 9.87. The molecule has 2 rings (SSSR count). The molecule has 1 saturated carbocycles. The fraction of sp³-hybridized carbons (Fsp3) is 0.812. The maximum Gasteiger partial charge on any atom is 0.329 e. The normalized spacial score (nSPS) is 27.1. The van der Waals surface area contributed by atoms with Gasteiger partial charge in [-0.3, -0.25) is 9.59 Å². The zero-order chi connectivity index (χ0) is 16.1. The Labute approximate surface area is 131 Å². The molecule has 0 radical (unpaired) electrons. The lowest BCUT2D eigenvalue weighted by molar-refractivity contribution is -0.143. The van der Waals surface area contributed by atoms with Gasteiger partial charge in [-0.25, -0.2) is 4.79 Å². The van der Waals surface area contributed by atoms with Crippen LogP contribution in [0, 0.1) is 5.92 Å². The SMILES string of the molecule is C[C@@H]1C[C@@H](NC(=O)[C@H](C)NC(=O)CC2CCCCC2)C(=O)O1. The van der Waals surface area contributed by atoms with Gasteiger partial charge in [0.25, 0.3) is 0 Å². The molecule has 124 valence electrons. The number of nitrogens with one attached hydrogen (secondary N) is 2. The van der Waals surface area contributed by atoms with Crippen LogP contribution in [0.15, 0.2) is 0 Å². The van der Waals surface area contributed by atoms with Crippen molar-refractivity contribution in [1.82, 2.24) is 10.6 Å². The van der Waals surface area contributed by atoms with Crippen LogP contribution < -0.4 is 10.6 Å². The molecule has 0 aromatic carbocycles. The molecular formula is C16H26N2O4. The second-order valence-electron chi connectivity index (χ2n) is 6.54. The van der Waals surface area contributed by atoms with Crippen LogP contribution in [0.5, 0.6) is 0 Å². The van der Waals surface area contributed by atoms with Gasteiger partial charge in [0.2, 0.25) is 11.8 Å². The molecule has 0 unspecified atom stereocenters. The van der Waals surface area contributed by atoms with Crippen molar-refractivity contribution >= 4 is 17.8 Å². The number of esters is 1. The van der Waals surface area contributed by atoms with Gasteiger partial charge in [-0.1, -0.05) is 19.3 Å². The Morgan fingerprint density at radius 2 is 1.95 bits per heavy atom. The monoisotopic (exact) mass is 310 g/mol. The third kappa shape index (κ3) is 4.71. The van der Waals surface area contributed by atoms with E-state index < -0.39 is 18.1 Å².